The molecule has 4 nitrogen and oxygen atoms in total. The van der Waals surface area contributed by atoms with E-state index in [0.717, 1.165) is 16.8 Å². The second-order valence-corrected chi connectivity index (χ2v) is 5.52. The van der Waals surface area contributed by atoms with Crippen LogP contribution in [0, 0.1) is 5.92 Å². The third-order valence-corrected chi connectivity index (χ3v) is 4.32. The molecule has 19 heavy (non-hydrogen) atoms. The van der Waals surface area contributed by atoms with Crippen LogP contribution in [0.2, 0.25) is 0 Å². The quantitative estimate of drug-likeness (QED) is 0.899. The fourth-order valence-corrected chi connectivity index (χ4v) is 3.25. The van der Waals surface area contributed by atoms with Gasteiger partial charge in [-0.15, -0.1) is 0 Å². The lowest BCUT2D eigenvalue weighted by Gasteiger charge is -2.31. The maximum absolute atomic E-state index is 6.15. The standard InChI is InChI=1S/C15H21N3O/c1-10-5-3-4-6-13(10)18-14-9-11(19-2)7-8-12(14)17-15(18)16/h7-10,13H,3-6H2,1-2H3,(H2,16,17). The van der Waals surface area contributed by atoms with E-state index < -0.39 is 0 Å². The number of aromatic nitrogens is 2. The van der Waals surface area contributed by atoms with E-state index in [0.29, 0.717) is 17.9 Å². The zero-order valence-electron chi connectivity index (χ0n) is 11.6. The molecule has 4 heteroatoms. The molecule has 2 atom stereocenters. The molecule has 1 aliphatic carbocycles. The predicted molar refractivity (Wildman–Crippen MR) is 77.4 cm³/mol. The summed E-state index contributed by atoms with van der Waals surface area (Å²) in [5.74, 6) is 2.14. The number of benzene rings is 1. The lowest BCUT2D eigenvalue weighted by Crippen LogP contribution is -2.22. The van der Waals surface area contributed by atoms with Crippen LogP contribution in [0.1, 0.15) is 38.6 Å². The molecule has 102 valence electrons. The Labute approximate surface area is 113 Å². The molecule has 1 saturated carbocycles. The first-order valence-electron chi connectivity index (χ1n) is 7.02. The molecule has 1 aromatic heterocycles. The van der Waals surface area contributed by atoms with Gasteiger partial charge in [0.1, 0.15) is 5.75 Å². The number of nitrogens with two attached hydrogens (primary N) is 1. The monoisotopic (exact) mass is 259 g/mol. The molecule has 2 unspecified atom stereocenters. The van der Waals surface area contributed by atoms with Gasteiger partial charge in [-0.1, -0.05) is 19.8 Å². The number of rotatable bonds is 2. The molecule has 0 amide bonds. The van der Waals surface area contributed by atoms with E-state index in [9.17, 15) is 0 Å². The minimum atomic E-state index is 0.464. The van der Waals surface area contributed by atoms with Crippen LogP contribution in [0.25, 0.3) is 11.0 Å². The molecule has 0 bridgehead atoms. The minimum absolute atomic E-state index is 0.464. The number of hydrogen-bond acceptors (Lipinski definition) is 3. The van der Waals surface area contributed by atoms with Gasteiger partial charge in [0, 0.05) is 12.1 Å². The number of nitrogen functional groups attached to an aromatic ring is 1. The molecule has 0 radical (unpaired) electrons. The third-order valence-electron chi connectivity index (χ3n) is 4.32. The van der Waals surface area contributed by atoms with Crippen LogP contribution < -0.4 is 10.5 Å². The van der Waals surface area contributed by atoms with E-state index in [4.69, 9.17) is 10.5 Å². The van der Waals surface area contributed by atoms with Crippen LogP contribution in [-0.4, -0.2) is 16.7 Å². The van der Waals surface area contributed by atoms with Crippen LogP contribution in [-0.2, 0) is 0 Å². The first kappa shape index (κ1) is 12.3. The Hall–Kier alpha value is -1.71. The molecule has 1 fully saturated rings. The number of nitrogens with zero attached hydrogens (tertiary/aromatic N) is 2. The summed E-state index contributed by atoms with van der Waals surface area (Å²) in [7, 11) is 1.69. The molecule has 1 aliphatic rings. The maximum Gasteiger partial charge on any atom is 0.201 e. The van der Waals surface area contributed by atoms with Crippen molar-refractivity contribution in [3.8, 4) is 5.75 Å². The number of anilines is 1. The number of methoxy groups -OCH3 is 1. The van der Waals surface area contributed by atoms with Crippen molar-refractivity contribution in [1.29, 1.82) is 0 Å². The lowest BCUT2D eigenvalue weighted by molar-refractivity contribution is 0.264. The van der Waals surface area contributed by atoms with Crippen LogP contribution in [0.4, 0.5) is 5.95 Å². The Morgan fingerprint density at radius 1 is 1.32 bits per heavy atom. The molecule has 1 heterocycles. The summed E-state index contributed by atoms with van der Waals surface area (Å²) in [5.41, 5.74) is 8.20. The fraction of sp³-hybridized carbons (Fsp3) is 0.533. The number of fused-ring (bicyclic) bond motifs is 1. The highest BCUT2D eigenvalue weighted by molar-refractivity contribution is 5.80. The largest absolute Gasteiger partial charge is 0.497 e. The topological polar surface area (TPSA) is 53.1 Å². The summed E-state index contributed by atoms with van der Waals surface area (Å²) in [4.78, 5) is 4.48. The zero-order valence-corrected chi connectivity index (χ0v) is 11.6. The Bertz CT molecular complexity index is 590. The van der Waals surface area contributed by atoms with Crippen molar-refractivity contribution in [2.75, 3.05) is 12.8 Å². The second kappa shape index (κ2) is 4.76. The van der Waals surface area contributed by atoms with E-state index in [1.54, 1.807) is 7.11 Å². The normalized spacial score (nSPS) is 23.7. The highest BCUT2D eigenvalue weighted by Crippen LogP contribution is 2.37. The molecule has 3 rings (SSSR count). The number of imidazole rings is 1. The van der Waals surface area contributed by atoms with Crippen molar-refractivity contribution in [2.24, 2.45) is 5.92 Å². The zero-order chi connectivity index (χ0) is 13.4. The van der Waals surface area contributed by atoms with Crippen molar-refractivity contribution < 1.29 is 4.74 Å². The van der Waals surface area contributed by atoms with E-state index in [2.05, 4.69) is 16.5 Å². The van der Waals surface area contributed by atoms with Crippen molar-refractivity contribution in [1.82, 2.24) is 9.55 Å². The molecule has 2 aromatic rings. The summed E-state index contributed by atoms with van der Waals surface area (Å²) >= 11 is 0. The van der Waals surface area contributed by atoms with Crippen molar-refractivity contribution >= 4 is 17.0 Å². The fourth-order valence-electron chi connectivity index (χ4n) is 3.25. The summed E-state index contributed by atoms with van der Waals surface area (Å²) in [6, 6.07) is 6.42. The summed E-state index contributed by atoms with van der Waals surface area (Å²) in [6.45, 7) is 2.31. The predicted octanol–water partition coefficient (Wildman–Crippen LogP) is 3.38. The van der Waals surface area contributed by atoms with Crippen LogP contribution in [0.5, 0.6) is 5.75 Å². The van der Waals surface area contributed by atoms with E-state index >= 15 is 0 Å². The van der Waals surface area contributed by atoms with Gasteiger partial charge < -0.3 is 15.0 Å². The van der Waals surface area contributed by atoms with Crippen LogP contribution in [0.3, 0.4) is 0 Å². The SMILES string of the molecule is COc1ccc2nc(N)n(C3CCCCC3C)c2c1. The summed E-state index contributed by atoms with van der Waals surface area (Å²) in [6.07, 6.45) is 5.06. The lowest BCUT2D eigenvalue weighted by atomic mass is 9.85. The second-order valence-electron chi connectivity index (χ2n) is 5.52. The third kappa shape index (κ3) is 2.05. The van der Waals surface area contributed by atoms with Crippen molar-refractivity contribution in [3.05, 3.63) is 18.2 Å². The van der Waals surface area contributed by atoms with Crippen LogP contribution >= 0.6 is 0 Å². The van der Waals surface area contributed by atoms with Gasteiger partial charge in [-0.05, 0) is 30.9 Å². The van der Waals surface area contributed by atoms with Gasteiger partial charge in [0.2, 0.25) is 5.95 Å². The molecular weight excluding hydrogens is 238 g/mol. The van der Waals surface area contributed by atoms with Gasteiger partial charge >= 0.3 is 0 Å². The van der Waals surface area contributed by atoms with Crippen molar-refractivity contribution in [3.63, 3.8) is 0 Å². The van der Waals surface area contributed by atoms with Gasteiger partial charge in [-0.25, -0.2) is 4.98 Å². The molecular formula is C15H21N3O. The van der Waals surface area contributed by atoms with Gasteiger partial charge in [0.15, 0.2) is 0 Å². The number of hydrogen-bond donors (Lipinski definition) is 1. The van der Waals surface area contributed by atoms with E-state index in [1.165, 1.54) is 25.7 Å². The highest BCUT2D eigenvalue weighted by Gasteiger charge is 2.26. The Kier molecular flexibility index (Phi) is 3.09. The van der Waals surface area contributed by atoms with Crippen LogP contribution in [0.15, 0.2) is 18.2 Å². The molecule has 0 saturated heterocycles. The van der Waals surface area contributed by atoms with Gasteiger partial charge in [-0.3, -0.25) is 0 Å². The summed E-state index contributed by atoms with van der Waals surface area (Å²) in [5, 5.41) is 0. The molecule has 0 spiro atoms. The highest BCUT2D eigenvalue weighted by atomic mass is 16.5. The Morgan fingerprint density at radius 2 is 2.11 bits per heavy atom. The van der Waals surface area contributed by atoms with Gasteiger partial charge in [0.05, 0.1) is 18.1 Å². The Morgan fingerprint density at radius 3 is 2.84 bits per heavy atom. The average molecular weight is 259 g/mol. The first-order chi connectivity index (χ1) is 9.20. The Balaban J connectivity index is 2.12. The van der Waals surface area contributed by atoms with E-state index in [1.807, 2.05) is 18.2 Å². The molecule has 1 aromatic carbocycles. The molecule has 2 N–H and O–H groups in total. The minimum Gasteiger partial charge on any atom is -0.497 e. The summed E-state index contributed by atoms with van der Waals surface area (Å²) < 4.78 is 7.53. The van der Waals surface area contributed by atoms with E-state index in [-0.39, 0.29) is 0 Å². The van der Waals surface area contributed by atoms with Gasteiger partial charge in [0.25, 0.3) is 0 Å². The first-order valence-corrected chi connectivity index (χ1v) is 7.02. The van der Waals surface area contributed by atoms with Crippen molar-refractivity contribution in [2.45, 2.75) is 38.6 Å². The maximum atomic E-state index is 6.15. The smallest absolute Gasteiger partial charge is 0.201 e. The number of ether oxygens (including phenoxy) is 1. The molecule has 0 aliphatic heterocycles. The average Bonchev–Trinajstić information content (AvgIpc) is 2.74. The van der Waals surface area contributed by atoms with Gasteiger partial charge in [-0.2, -0.15) is 0 Å².